The molecule has 1 saturated heterocycles. The first-order valence-electron chi connectivity index (χ1n) is 10.6. The molecule has 0 saturated carbocycles. The number of anilines is 2. The fourth-order valence-corrected chi connectivity index (χ4v) is 4.20. The molecule has 11 heteroatoms. The zero-order valence-electron chi connectivity index (χ0n) is 17.7. The van der Waals surface area contributed by atoms with Crippen molar-refractivity contribution >= 4 is 28.2 Å². The minimum atomic E-state index is -0.791. The average molecular weight is 441 g/mol. The number of halogens is 2. The van der Waals surface area contributed by atoms with E-state index in [1.807, 2.05) is 13.1 Å². The van der Waals surface area contributed by atoms with Crippen molar-refractivity contribution in [2.45, 2.75) is 44.8 Å². The number of nitrogen functional groups attached to an aromatic ring is 1. The van der Waals surface area contributed by atoms with E-state index in [2.05, 4.69) is 25.1 Å². The second-order valence-electron chi connectivity index (χ2n) is 8.37. The highest BCUT2D eigenvalue weighted by atomic mass is 19.1. The Morgan fingerprint density at radius 2 is 2.03 bits per heavy atom. The molecule has 2 unspecified atom stereocenters. The highest BCUT2D eigenvalue weighted by Gasteiger charge is 2.27. The molecule has 0 amide bonds. The maximum absolute atomic E-state index is 14.2. The third kappa shape index (κ3) is 3.42. The lowest BCUT2D eigenvalue weighted by Gasteiger charge is -2.32. The number of aromatic nitrogens is 6. The van der Waals surface area contributed by atoms with Crippen LogP contribution in [0.25, 0.3) is 16.6 Å². The highest BCUT2D eigenvalue weighted by molar-refractivity contribution is 5.92. The third-order valence-corrected chi connectivity index (χ3v) is 6.17. The molecule has 1 fully saturated rings. The Bertz CT molecular complexity index is 1300. The molecule has 1 aliphatic heterocycles. The van der Waals surface area contributed by atoms with Gasteiger partial charge >= 0.3 is 0 Å². The van der Waals surface area contributed by atoms with Crippen LogP contribution < -0.4 is 15.7 Å². The van der Waals surface area contributed by atoms with Crippen LogP contribution in [0.4, 0.5) is 20.4 Å². The standard InChI is InChI=1S/C21H23F2N8O/c1-11(12(2)32)30-10-15(8-25-30)29-5-3-4-13(9-29)19-27-20-16-6-14(22)7-17(23)18(16)26-21(24)31(20)28-19/h6-8,10-13H,3-5,9H2,1-2H3,(H2,24,26)/q-1/t11?,12?,13-/m1/s1. The monoisotopic (exact) mass is 441 g/mol. The number of rotatable bonds is 4. The van der Waals surface area contributed by atoms with E-state index < -0.39 is 17.7 Å². The van der Waals surface area contributed by atoms with E-state index in [0.29, 0.717) is 12.4 Å². The van der Waals surface area contributed by atoms with Gasteiger partial charge in [-0.1, -0.05) is 6.92 Å². The lowest BCUT2D eigenvalue weighted by Crippen LogP contribution is -2.34. The molecule has 4 heterocycles. The number of piperidine rings is 1. The molecular weight excluding hydrogens is 418 g/mol. The van der Waals surface area contributed by atoms with E-state index in [-0.39, 0.29) is 34.5 Å². The first-order valence-corrected chi connectivity index (χ1v) is 10.6. The van der Waals surface area contributed by atoms with Gasteiger partial charge in [0.1, 0.15) is 11.3 Å². The summed E-state index contributed by atoms with van der Waals surface area (Å²) in [6, 6.07) is 1.73. The minimum Gasteiger partial charge on any atom is -0.851 e. The second-order valence-corrected chi connectivity index (χ2v) is 8.37. The van der Waals surface area contributed by atoms with Crippen molar-refractivity contribution in [2.75, 3.05) is 23.7 Å². The summed E-state index contributed by atoms with van der Waals surface area (Å²) >= 11 is 0. The van der Waals surface area contributed by atoms with Crippen molar-refractivity contribution in [3.05, 3.63) is 42.0 Å². The second kappa shape index (κ2) is 7.66. The third-order valence-electron chi connectivity index (χ3n) is 6.17. The Hall–Kier alpha value is -3.34. The fraction of sp³-hybridized carbons (Fsp3) is 0.429. The largest absolute Gasteiger partial charge is 0.851 e. The molecule has 0 aliphatic carbocycles. The van der Waals surface area contributed by atoms with Crippen LogP contribution in [0.2, 0.25) is 0 Å². The van der Waals surface area contributed by atoms with Crippen molar-refractivity contribution in [1.82, 2.24) is 29.4 Å². The summed E-state index contributed by atoms with van der Waals surface area (Å²) in [6.07, 6.45) is 4.67. The SMILES string of the molecule is CC([O-])C(C)n1cc(N2CCC[C@@H](c3nc4c5cc(F)cc(F)c5nc(N)n4n3)C2)cn1. The van der Waals surface area contributed by atoms with Gasteiger partial charge in [-0.25, -0.2) is 18.7 Å². The summed E-state index contributed by atoms with van der Waals surface area (Å²) in [4.78, 5) is 10.8. The summed E-state index contributed by atoms with van der Waals surface area (Å²) in [5, 5.41) is 20.8. The van der Waals surface area contributed by atoms with Crippen molar-refractivity contribution in [3.63, 3.8) is 0 Å². The van der Waals surface area contributed by atoms with Gasteiger partial charge in [0, 0.05) is 37.3 Å². The number of nitrogens with two attached hydrogens (primary N) is 1. The smallest absolute Gasteiger partial charge is 0.223 e. The number of fused-ring (bicyclic) bond motifs is 3. The highest BCUT2D eigenvalue weighted by Crippen LogP contribution is 2.31. The van der Waals surface area contributed by atoms with E-state index >= 15 is 0 Å². The number of hydrogen-bond donors (Lipinski definition) is 1. The van der Waals surface area contributed by atoms with E-state index in [9.17, 15) is 13.9 Å². The van der Waals surface area contributed by atoms with Gasteiger partial charge in [0.2, 0.25) is 5.95 Å². The topological polar surface area (TPSA) is 113 Å². The van der Waals surface area contributed by atoms with Crippen LogP contribution in [0, 0.1) is 11.6 Å². The summed E-state index contributed by atoms with van der Waals surface area (Å²) < 4.78 is 31.1. The van der Waals surface area contributed by atoms with Gasteiger partial charge in [-0.3, -0.25) is 4.68 Å². The molecule has 3 atom stereocenters. The summed E-state index contributed by atoms with van der Waals surface area (Å²) in [7, 11) is 0. The van der Waals surface area contributed by atoms with Crippen LogP contribution in [-0.2, 0) is 0 Å². The number of benzene rings is 1. The molecule has 168 valence electrons. The molecule has 3 aromatic heterocycles. The van der Waals surface area contributed by atoms with Crippen LogP contribution in [0.5, 0.6) is 0 Å². The van der Waals surface area contributed by atoms with Crippen LogP contribution in [0.15, 0.2) is 24.5 Å². The molecular formula is C21H23F2N8O-. The van der Waals surface area contributed by atoms with Gasteiger partial charge in [0.15, 0.2) is 17.3 Å². The van der Waals surface area contributed by atoms with E-state index in [4.69, 9.17) is 5.73 Å². The van der Waals surface area contributed by atoms with Crippen molar-refractivity contribution in [2.24, 2.45) is 0 Å². The Labute approximate surface area is 182 Å². The molecule has 32 heavy (non-hydrogen) atoms. The number of nitrogens with zero attached hydrogens (tertiary/aromatic N) is 7. The first kappa shape index (κ1) is 20.6. The van der Waals surface area contributed by atoms with Crippen molar-refractivity contribution in [1.29, 1.82) is 0 Å². The number of hydrogen-bond acceptors (Lipinski definition) is 7. The molecule has 9 nitrogen and oxygen atoms in total. The van der Waals surface area contributed by atoms with Gasteiger partial charge in [0.05, 0.1) is 17.3 Å². The molecule has 1 aliphatic rings. The van der Waals surface area contributed by atoms with Crippen LogP contribution >= 0.6 is 0 Å². The Kier molecular flexibility index (Phi) is 4.92. The van der Waals surface area contributed by atoms with Gasteiger partial charge in [-0.15, -0.1) is 11.2 Å². The Morgan fingerprint density at radius 3 is 2.81 bits per heavy atom. The summed E-state index contributed by atoms with van der Waals surface area (Å²) in [6.45, 7) is 4.97. The molecule has 4 aromatic rings. The molecule has 5 rings (SSSR count). The minimum absolute atomic E-state index is 0.00397. The average Bonchev–Trinajstić information content (AvgIpc) is 3.43. The zero-order chi connectivity index (χ0) is 22.6. The zero-order valence-corrected chi connectivity index (χ0v) is 17.7. The summed E-state index contributed by atoms with van der Waals surface area (Å²) in [5.41, 5.74) is 7.17. The molecule has 0 radical (unpaired) electrons. The van der Waals surface area contributed by atoms with Gasteiger partial charge in [-0.2, -0.15) is 9.61 Å². The lowest BCUT2D eigenvalue weighted by atomic mass is 9.97. The van der Waals surface area contributed by atoms with E-state index in [1.165, 1.54) is 10.6 Å². The van der Waals surface area contributed by atoms with Crippen molar-refractivity contribution in [3.8, 4) is 0 Å². The predicted molar refractivity (Wildman–Crippen MR) is 113 cm³/mol. The fourth-order valence-electron chi connectivity index (χ4n) is 4.20. The summed E-state index contributed by atoms with van der Waals surface area (Å²) in [5.74, 6) is -0.965. The van der Waals surface area contributed by atoms with Crippen LogP contribution in [-0.4, -0.2) is 48.6 Å². The predicted octanol–water partition coefficient (Wildman–Crippen LogP) is 2.03. The van der Waals surface area contributed by atoms with Crippen molar-refractivity contribution < 1.29 is 13.9 Å². The quantitative estimate of drug-likeness (QED) is 0.515. The Balaban J connectivity index is 1.48. The van der Waals surface area contributed by atoms with Crippen LogP contribution in [0.3, 0.4) is 0 Å². The molecule has 0 bridgehead atoms. The van der Waals surface area contributed by atoms with E-state index in [1.54, 1.807) is 17.8 Å². The lowest BCUT2D eigenvalue weighted by molar-refractivity contribution is -0.423. The molecule has 1 aromatic carbocycles. The Morgan fingerprint density at radius 1 is 1.22 bits per heavy atom. The maximum Gasteiger partial charge on any atom is 0.223 e. The molecule has 2 N–H and O–H groups in total. The van der Waals surface area contributed by atoms with Gasteiger partial charge < -0.3 is 15.7 Å². The first-order chi connectivity index (χ1) is 15.3. The van der Waals surface area contributed by atoms with Gasteiger partial charge in [0.25, 0.3) is 0 Å². The van der Waals surface area contributed by atoms with E-state index in [0.717, 1.165) is 31.1 Å². The molecule has 0 spiro atoms. The van der Waals surface area contributed by atoms with Crippen LogP contribution in [0.1, 0.15) is 44.5 Å². The normalized spacial score (nSPS) is 19.0. The van der Waals surface area contributed by atoms with Gasteiger partial charge in [-0.05, 0) is 25.8 Å². The maximum atomic E-state index is 14.2.